The van der Waals surface area contributed by atoms with E-state index in [-0.39, 0.29) is 12.5 Å². The fraction of sp³-hybridized carbons (Fsp3) is 0.429. The Labute approximate surface area is 113 Å². The van der Waals surface area contributed by atoms with E-state index in [0.29, 0.717) is 23.7 Å². The van der Waals surface area contributed by atoms with Crippen molar-refractivity contribution in [2.45, 2.75) is 20.8 Å². The molecule has 3 N–H and O–H groups in total. The Morgan fingerprint density at radius 1 is 1.32 bits per heavy atom. The number of aryl methyl sites for hydroxylation is 1. The van der Waals surface area contributed by atoms with E-state index < -0.39 is 5.97 Å². The van der Waals surface area contributed by atoms with Crippen LogP contribution in [-0.4, -0.2) is 25.0 Å². The number of carbonyl (C=O) groups is 2. The summed E-state index contributed by atoms with van der Waals surface area (Å²) in [5.41, 5.74) is 7.37. The fourth-order valence-electron chi connectivity index (χ4n) is 1.51. The number of esters is 1. The van der Waals surface area contributed by atoms with E-state index >= 15 is 0 Å². The van der Waals surface area contributed by atoms with Crippen molar-refractivity contribution in [1.82, 2.24) is 5.32 Å². The Bertz CT molecular complexity index is 450. The molecule has 1 rings (SSSR count). The standard InChI is InChI=1S/C14H20N2O3/c1-9(2)7-16-13(17)8-19-14(18)11-4-10(3)5-12(15)6-11/h4-6,9H,7-8,15H2,1-3H3,(H,16,17). The molecular formula is C14H20N2O3. The van der Waals surface area contributed by atoms with E-state index in [1.807, 2.05) is 20.8 Å². The molecule has 0 aromatic heterocycles. The Morgan fingerprint density at radius 3 is 2.58 bits per heavy atom. The van der Waals surface area contributed by atoms with Gasteiger partial charge in [-0.1, -0.05) is 13.8 Å². The van der Waals surface area contributed by atoms with Gasteiger partial charge in [0.05, 0.1) is 5.56 Å². The van der Waals surface area contributed by atoms with Crippen LogP contribution in [0.1, 0.15) is 29.8 Å². The van der Waals surface area contributed by atoms with E-state index in [1.165, 1.54) is 6.07 Å². The number of ether oxygens (including phenoxy) is 1. The third-order valence-electron chi connectivity index (χ3n) is 2.38. The minimum Gasteiger partial charge on any atom is -0.452 e. The normalized spacial score (nSPS) is 10.3. The van der Waals surface area contributed by atoms with E-state index in [1.54, 1.807) is 12.1 Å². The molecule has 5 nitrogen and oxygen atoms in total. The molecule has 1 amide bonds. The van der Waals surface area contributed by atoms with Gasteiger partial charge in [0.15, 0.2) is 6.61 Å². The quantitative estimate of drug-likeness (QED) is 0.624. The van der Waals surface area contributed by atoms with Crippen molar-refractivity contribution >= 4 is 17.6 Å². The number of nitrogen functional groups attached to an aromatic ring is 1. The fourth-order valence-corrected chi connectivity index (χ4v) is 1.51. The number of hydrogen-bond donors (Lipinski definition) is 2. The summed E-state index contributed by atoms with van der Waals surface area (Å²) in [7, 11) is 0. The summed E-state index contributed by atoms with van der Waals surface area (Å²) < 4.78 is 4.93. The molecule has 0 radical (unpaired) electrons. The summed E-state index contributed by atoms with van der Waals surface area (Å²) in [6.07, 6.45) is 0. The highest BCUT2D eigenvalue weighted by molar-refractivity contribution is 5.92. The zero-order valence-corrected chi connectivity index (χ0v) is 11.5. The first-order chi connectivity index (χ1) is 8.88. The van der Waals surface area contributed by atoms with Crippen LogP contribution in [0.2, 0.25) is 0 Å². The van der Waals surface area contributed by atoms with Crippen LogP contribution in [0, 0.1) is 12.8 Å². The van der Waals surface area contributed by atoms with E-state index in [4.69, 9.17) is 10.5 Å². The minimum absolute atomic E-state index is 0.278. The predicted octanol–water partition coefficient (Wildman–Crippen LogP) is 1.51. The maximum absolute atomic E-state index is 11.7. The highest BCUT2D eigenvalue weighted by atomic mass is 16.5. The van der Waals surface area contributed by atoms with Gasteiger partial charge in [-0.05, 0) is 36.6 Å². The summed E-state index contributed by atoms with van der Waals surface area (Å²) in [5, 5.41) is 2.67. The van der Waals surface area contributed by atoms with Gasteiger partial charge in [0, 0.05) is 12.2 Å². The van der Waals surface area contributed by atoms with Crippen molar-refractivity contribution in [3.05, 3.63) is 29.3 Å². The van der Waals surface area contributed by atoms with Crippen LogP contribution in [-0.2, 0) is 9.53 Å². The molecule has 5 heteroatoms. The minimum atomic E-state index is -0.546. The second kappa shape index (κ2) is 6.78. The molecule has 0 aliphatic heterocycles. The number of nitrogens with one attached hydrogen (secondary N) is 1. The molecule has 0 fully saturated rings. The smallest absolute Gasteiger partial charge is 0.338 e. The summed E-state index contributed by atoms with van der Waals surface area (Å²) in [6.45, 7) is 6.10. The highest BCUT2D eigenvalue weighted by Gasteiger charge is 2.11. The van der Waals surface area contributed by atoms with Crippen LogP contribution in [0.3, 0.4) is 0 Å². The predicted molar refractivity (Wildman–Crippen MR) is 73.7 cm³/mol. The van der Waals surface area contributed by atoms with Crippen LogP contribution in [0.15, 0.2) is 18.2 Å². The Hall–Kier alpha value is -2.04. The summed E-state index contributed by atoms with van der Waals surface area (Å²) in [6, 6.07) is 4.96. The highest BCUT2D eigenvalue weighted by Crippen LogP contribution is 2.12. The molecule has 0 aliphatic rings. The van der Waals surface area contributed by atoms with E-state index in [9.17, 15) is 9.59 Å². The number of benzene rings is 1. The SMILES string of the molecule is Cc1cc(N)cc(C(=O)OCC(=O)NCC(C)C)c1. The van der Waals surface area contributed by atoms with Gasteiger partial charge in [-0.25, -0.2) is 4.79 Å². The number of carbonyl (C=O) groups excluding carboxylic acids is 2. The van der Waals surface area contributed by atoms with Crippen LogP contribution in [0.5, 0.6) is 0 Å². The number of anilines is 1. The number of rotatable bonds is 5. The first-order valence-electron chi connectivity index (χ1n) is 6.19. The lowest BCUT2D eigenvalue weighted by atomic mass is 10.1. The second-order valence-electron chi connectivity index (χ2n) is 4.91. The Kier molecular flexibility index (Phi) is 5.36. The van der Waals surface area contributed by atoms with Crippen molar-refractivity contribution in [3.63, 3.8) is 0 Å². The van der Waals surface area contributed by atoms with Gasteiger partial charge in [0.2, 0.25) is 0 Å². The van der Waals surface area contributed by atoms with Crippen LogP contribution in [0.25, 0.3) is 0 Å². The number of nitrogens with two attached hydrogens (primary N) is 1. The largest absolute Gasteiger partial charge is 0.452 e. The third kappa shape index (κ3) is 5.42. The molecule has 0 bridgehead atoms. The summed E-state index contributed by atoms with van der Waals surface area (Å²) >= 11 is 0. The van der Waals surface area contributed by atoms with E-state index in [0.717, 1.165) is 5.56 Å². The van der Waals surface area contributed by atoms with Crippen molar-refractivity contribution < 1.29 is 14.3 Å². The van der Waals surface area contributed by atoms with Gasteiger partial charge in [0.25, 0.3) is 5.91 Å². The third-order valence-corrected chi connectivity index (χ3v) is 2.38. The monoisotopic (exact) mass is 264 g/mol. The Morgan fingerprint density at radius 2 is 2.00 bits per heavy atom. The van der Waals surface area contributed by atoms with Crippen LogP contribution in [0.4, 0.5) is 5.69 Å². The summed E-state index contributed by atoms with van der Waals surface area (Å²) in [4.78, 5) is 23.1. The molecule has 0 spiro atoms. The lowest BCUT2D eigenvalue weighted by Gasteiger charge is -2.09. The molecule has 1 aromatic carbocycles. The maximum Gasteiger partial charge on any atom is 0.338 e. The average Bonchev–Trinajstić information content (AvgIpc) is 2.32. The van der Waals surface area contributed by atoms with Gasteiger partial charge in [-0.3, -0.25) is 4.79 Å². The molecule has 0 atom stereocenters. The van der Waals surface area contributed by atoms with Crippen LogP contribution < -0.4 is 11.1 Å². The molecule has 0 aliphatic carbocycles. The lowest BCUT2D eigenvalue weighted by molar-refractivity contribution is -0.124. The molecular weight excluding hydrogens is 244 g/mol. The zero-order valence-electron chi connectivity index (χ0n) is 11.5. The van der Waals surface area contributed by atoms with Crippen molar-refractivity contribution in [3.8, 4) is 0 Å². The van der Waals surface area contributed by atoms with E-state index in [2.05, 4.69) is 5.32 Å². The van der Waals surface area contributed by atoms with Gasteiger partial charge in [0.1, 0.15) is 0 Å². The second-order valence-corrected chi connectivity index (χ2v) is 4.91. The maximum atomic E-state index is 11.7. The summed E-state index contributed by atoms with van der Waals surface area (Å²) in [5.74, 6) is -0.492. The molecule has 0 unspecified atom stereocenters. The number of amides is 1. The van der Waals surface area contributed by atoms with Crippen molar-refractivity contribution in [1.29, 1.82) is 0 Å². The zero-order chi connectivity index (χ0) is 14.4. The van der Waals surface area contributed by atoms with Gasteiger partial charge >= 0.3 is 5.97 Å². The average molecular weight is 264 g/mol. The first kappa shape index (κ1) is 15.0. The van der Waals surface area contributed by atoms with Crippen molar-refractivity contribution in [2.75, 3.05) is 18.9 Å². The molecule has 19 heavy (non-hydrogen) atoms. The topological polar surface area (TPSA) is 81.4 Å². The molecule has 0 heterocycles. The van der Waals surface area contributed by atoms with Crippen molar-refractivity contribution in [2.24, 2.45) is 5.92 Å². The van der Waals surface area contributed by atoms with Crippen LogP contribution >= 0.6 is 0 Å². The van der Waals surface area contributed by atoms with Gasteiger partial charge in [-0.2, -0.15) is 0 Å². The lowest BCUT2D eigenvalue weighted by Crippen LogP contribution is -2.31. The van der Waals surface area contributed by atoms with Gasteiger partial charge < -0.3 is 15.8 Å². The molecule has 104 valence electrons. The number of hydrogen-bond acceptors (Lipinski definition) is 4. The molecule has 1 aromatic rings. The Balaban J connectivity index is 2.49. The van der Waals surface area contributed by atoms with Gasteiger partial charge in [-0.15, -0.1) is 0 Å². The first-order valence-corrected chi connectivity index (χ1v) is 6.19. The molecule has 0 saturated heterocycles. The molecule has 0 saturated carbocycles.